The summed E-state index contributed by atoms with van der Waals surface area (Å²) in [6.07, 6.45) is -0.631. The van der Waals surface area contributed by atoms with Gasteiger partial charge in [0.1, 0.15) is 17.8 Å². The lowest BCUT2D eigenvalue weighted by atomic mass is 9.97. The fraction of sp³-hybridized carbons (Fsp3) is 0.562. The molecule has 2 atom stereocenters. The number of aromatic nitrogens is 3. The van der Waals surface area contributed by atoms with Gasteiger partial charge in [0.05, 0.1) is 11.3 Å². The van der Waals surface area contributed by atoms with Crippen LogP contribution in [0.1, 0.15) is 19.8 Å². The highest BCUT2D eigenvalue weighted by Crippen LogP contribution is 2.37. The van der Waals surface area contributed by atoms with Crippen molar-refractivity contribution in [2.45, 2.75) is 31.6 Å². The summed E-state index contributed by atoms with van der Waals surface area (Å²) in [7, 11) is 1.27. The minimum absolute atomic E-state index is 0.0816. The molecule has 0 aliphatic carbocycles. The quantitative estimate of drug-likeness (QED) is 0.715. The summed E-state index contributed by atoms with van der Waals surface area (Å²) in [5, 5.41) is 5.69. The minimum atomic E-state index is -4.72. The Hall–Kier alpha value is -2.36. The molecule has 0 radical (unpaired) electrons. The summed E-state index contributed by atoms with van der Waals surface area (Å²) >= 11 is 0. The monoisotopic (exact) mass is 370 g/mol. The lowest BCUT2D eigenvalue weighted by molar-refractivity contribution is -0.193. The van der Waals surface area contributed by atoms with E-state index in [0.29, 0.717) is 24.0 Å². The van der Waals surface area contributed by atoms with Gasteiger partial charge in [-0.15, -0.1) is 0 Å². The van der Waals surface area contributed by atoms with Gasteiger partial charge in [-0.2, -0.15) is 13.2 Å². The molecule has 26 heavy (non-hydrogen) atoms. The number of piperidine rings is 1. The molecule has 2 aromatic heterocycles. The largest absolute Gasteiger partial charge is 0.430 e. The highest BCUT2D eigenvalue weighted by atomic mass is 19.4. The molecule has 2 unspecified atom stereocenters. The Morgan fingerprint density at radius 2 is 2.15 bits per heavy atom. The van der Waals surface area contributed by atoms with Crippen LogP contribution in [0.5, 0.6) is 0 Å². The number of rotatable bonds is 4. The van der Waals surface area contributed by atoms with Crippen LogP contribution in [0.4, 0.5) is 19.0 Å². The van der Waals surface area contributed by atoms with Gasteiger partial charge in [-0.25, -0.2) is 9.97 Å². The Balaban J connectivity index is 1.94. The molecule has 3 rings (SSSR count). The third-order valence-corrected chi connectivity index (χ3v) is 4.91. The molecule has 1 aliphatic heterocycles. The Morgan fingerprint density at radius 1 is 1.38 bits per heavy atom. The summed E-state index contributed by atoms with van der Waals surface area (Å²) in [6.45, 7) is 2.09. The normalized spacial score (nSPS) is 20.6. The molecule has 0 bridgehead atoms. The number of hydrogen-bond donors (Lipinski definition) is 3. The first-order valence-electron chi connectivity index (χ1n) is 8.35. The zero-order chi connectivity index (χ0) is 18.9. The van der Waals surface area contributed by atoms with E-state index in [1.807, 2.05) is 0 Å². The zero-order valence-corrected chi connectivity index (χ0v) is 14.5. The van der Waals surface area contributed by atoms with Gasteiger partial charge >= 0.3 is 6.18 Å². The molecule has 3 heterocycles. The minimum Gasteiger partial charge on any atom is -0.346 e. The molecular formula is C16H21F3N6O. The van der Waals surface area contributed by atoms with Crippen LogP contribution in [0.15, 0.2) is 18.6 Å². The third-order valence-electron chi connectivity index (χ3n) is 4.91. The molecule has 0 saturated carbocycles. The number of carbonyl (C=O) groups is 1. The van der Waals surface area contributed by atoms with E-state index in [0.717, 1.165) is 24.8 Å². The number of nitrogens with one attached hydrogen (secondary N) is 3. The fourth-order valence-electron chi connectivity index (χ4n) is 3.10. The third kappa shape index (κ3) is 3.20. The maximum absolute atomic E-state index is 14.0. The number of H-pyrrole nitrogens is 1. The van der Waals surface area contributed by atoms with Crippen molar-refractivity contribution >= 4 is 22.8 Å². The Labute approximate surface area is 148 Å². The van der Waals surface area contributed by atoms with Crippen molar-refractivity contribution in [3.63, 3.8) is 0 Å². The van der Waals surface area contributed by atoms with Crippen LogP contribution in [-0.2, 0) is 4.79 Å². The van der Waals surface area contributed by atoms with Crippen LogP contribution in [0.2, 0.25) is 0 Å². The van der Waals surface area contributed by atoms with Crippen LogP contribution in [0, 0.1) is 5.92 Å². The summed E-state index contributed by atoms with van der Waals surface area (Å²) < 4.78 is 41.9. The molecule has 1 amide bonds. The summed E-state index contributed by atoms with van der Waals surface area (Å²) in [4.78, 5) is 24.3. The van der Waals surface area contributed by atoms with Crippen LogP contribution in [-0.4, -0.2) is 52.8 Å². The second kappa shape index (κ2) is 6.75. The maximum Gasteiger partial charge on any atom is 0.430 e. The molecule has 142 valence electrons. The van der Waals surface area contributed by atoms with Crippen molar-refractivity contribution in [2.75, 3.05) is 25.0 Å². The van der Waals surface area contributed by atoms with E-state index >= 15 is 0 Å². The zero-order valence-electron chi connectivity index (χ0n) is 14.5. The number of halogens is 3. The lowest BCUT2D eigenvalue weighted by Crippen LogP contribution is -2.67. The van der Waals surface area contributed by atoms with Crippen molar-refractivity contribution in [1.82, 2.24) is 25.6 Å². The summed E-state index contributed by atoms with van der Waals surface area (Å²) in [5.74, 6) is -1.03. The number of hydrogen-bond acceptors (Lipinski definition) is 5. The number of amides is 1. The first kappa shape index (κ1) is 18.4. The van der Waals surface area contributed by atoms with Gasteiger partial charge in [0.2, 0.25) is 11.6 Å². The first-order chi connectivity index (χ1) is 12.2. The summed E-state index contributed by atoms with van der Waals surface area (Å²) in [6, 6.07) is 1.60. The van der Waals surface area contributed by atoms with Gasteiger partial charge in [0.15, 0.2) is 0 Å². The molecule has 0 spiro atoms. The van der Waals surface area contributed by atoms with E-state index in [9.17, 15) is 18.0 Å². The van der Waals surface area contributed by atoms with Crippen LogP contribution in [0.25, 0.3) is 11.0 Å². The van der Waals surface area contributed by atoms with Crippen molar-refractivity contribution < 1.29 is 18.0 Å². The number of anilines is 1. The average Bonchev–Trinajstić information content (AvgIpc) is 3.09. The Kier molecular flexibility index (Phi) is 4.78. The number of fused-ring (bicyclic) bond motifs is 1. The van der Waals surface area contributed by atoms with Crippen LogP contribution < -0.4 is 15.5 Å². The summed E-state index contributed by atoms with van der Waals surface area (Å²) in [5.41, 5.74) is -2.19. The van der Waals surface area contributed by atoms with E-state index in [-0.39, 0.29) is 5.82 Å². The highest BCUT2D eigenvalue weighted by Gasteiger charge is 2.56. The van der Waals surface area contributed by atoms with Gasteiger partial charge in [-0.1, -0.05) is 0 Å². The van der Waals surface area contributed by atoms with Gasteiger partial charge in [0.25, 0.3) is 0 Å². The van der Waals surface area contributed by atoms with Crippen molar-refractivity contribution in [3.05, 3.63) is 18.6 Å². The van der Waals surface area contributed by atoms with Crippen molar-refractivity contribution in [3.8, 4) is 0 Å². The molecule has 1 aliphatic rings. The smallest absolute Gasteiger partial charge is 0.346 e. The predicted octanol–water partition coefficient (Wildman–Crippen LogP) is 1.79. The molecule has 10 heteroatoms. The molecule has 7 nitrogen and oxygen atoms in total. The molecule has 2 aromatic rings. The Morgan fingerprint density at radius 3 is 2.81 bits per heavy atom. The number of carbonyl (C=O) groups excluding carboxylic acids is 1. The molecule has 3 N–H and O–H groups in total. The molecular weight excluding hydrogens is 349 g/mol. The number of nitrogens with zero attached hydrogens (tertiary/aromatic N) is 3. The lowest BCUT2D eigenvalue weighted by Gasteiger charge is -2.42. The molecule has 1 fully saturated rings. The standard InChI is InChI=1S/C16H21F3N6O/c1-15(16(17,18)19,24-14(26)10-4-3-6-20-8-10)25(2)13-11-5-7-21-12(11)22-9-23-13/h5,7,9-10,20H,3-4,6,8H2,1-2H3,(H,24,26)(H,21,22,23). The number of alkyl halides is 3. The second-order valence-corrected chi connectivity index (χ2v) is 6.60. The Bertz CT molecular complexity index is 786. The molecule has 1 saturated heterocycles. The van der Waals surface area contributed by atoms with Gasteiger partial charge < -0.3 is 20.5 Å². The van der Waals surface area contributed by atoms with Crippen LogP contribution >= 0.6 is 0 Å². The van der Waals surface area contributed by atoms with E-state index in [1.165, 1.54) is 13.4 Å². The predicted molar refractivity (Wildman–Crippen MR) is 90.5 cm³/mol. The van der Waals surface area contributed by atoms with Gasteiger partial charge in [-0.3, -0.25) is 4.79 Å². The number of aromatic amines is 1. The van der Waals surface area contributed by atoms with E-state index < -0.39 is 23.7 Å². The van der Waals surface area contributed by atoms with E-state index in [4.69, 9.17) is 0 Å². The van der Waals surface area contributed by atoms with Gasteiger partial charge in [-0.05, 0) is 32.4 Å². The van der Waals surface area contributed by atoms with E-state index in [1.54, 1.807) is 12.3 Å². The van der Waals surface area contributed by atoms with Crippen molar-refractivity contribution in [2.24, 2.45) is 5.92 Å². The highest BCUT2D eigenvalue weighted by molar-refractivity contribution is 5.88. The van der Waals surface area contributed by atoms with Crippen LogP contribution in [0.3, 0.4) is 0 Å². The average molecular weight is 370 g/mol. The first-order valence-corrected chi connectivity index (χ1v) is 8.35. The topological polar surface area (TPSA) is 85.9 Å². The van der Waals surface area contributed by atoms with Gasteiger partial charge in [0, 0.05) is 19.8 Å². The molecule has 0 aromatic carbocycles. The SMILES string of the molecule is CN(c1ncnc2[nH]ccc12)C(C)(NC(=O)C1CCCNC1)C(F)(F)F. The fourth-order valence-corrected chi connectivity index (χ4v) is 3.10. The second-order valence-electron chi connectivity index (χ2n) is 6.60. The maximum atomic E-state index is 14.0. The van der Waals surface area contributed by atoms with E-state index in [2.05, 4.69) is 25.6 Å². The van der Waals surface area contributed by atoms with Crippen molar-refractivity contribution in [1.29, 1.82) is 0 Å².